The predicted octanol–water partition coefficient (Wildman–Crippen LogP) is 3.03. The second kappa shape index (κ2) is 4.53. The first-order valence-corrected chi connectivity index (χ1v) is 6.04. The molecule has 1 aromatic carbocycles. The molecule has 0 aliphatic rings. The minimum atomic E-state index is -0.0210. The van der Waals surface area contributed by atoms with Gasteiger partial charge in [-0.05, 0) is 18.2 Å². The molecule has 1 N–H and O–H groups in total. The number of para-hydroxylation sites is 1. The molecule has 2 rings (SSSR count). The van der Waals surface area contributed by atoms with Crippen molar-refractivity contribution in [2.24, 2.45) is 0 Å². The molecule has 0 bridgehead atoms. The van der Waals surface area contributed by atoms with Crippen LogP contribution in [0.3, 0.4) is 0 Å². The molecule has 0 spiro atoms. The van der Waals surface area contributed by atoms with Crippen molar-refractivity contribution in [1.82, 2.24) is 4.98 Å². The van der Waals surface area contributed by atoms with E-state index in [9.17, 15) is 4.79 Å². The fourth-order valence-electron chi connectivity index (χ4n) is 1.50. The molecular formula is C12H13NOS. The summed E-state index contributed by atoms with van der Waals surface area (Å²) in [7, 11) is 0. The van der Waals surface area contributed by atoms with Gasteiger partial charge in [0.25, 0.3) is 0 Å². The first-order valence-electron chi connectivity index (χ1n) is 5.06. The lowest BCUT2D eigenvalue weighted by molar-refractivity contribution is 1.10. The van der Waals surface area contributed by atoms with Crippen molar-refractivity contribution in [2.75, 3.05) is 5.75 Å². The lowest BCUT2D eigenvalue weighted by atomic mass is 10.2. The van der Waals surface area contributed by atoms with Gasteiger partial charge in [0.05, 0.1) is 0 Å². The second-order valence-electron chi connectivity index (χ2n) is 3.39. The van der Waals surface area contributed by atoms with Gasteiger partial charge in [-0.25, -0.2) is 0 Å². The van der Waals surface area contributed by atoms with Crippen LogP contribution in [0.2, 0.25) is 0 Å². The number of benzene rings is 1. The van der Waals surface area contributed by atoms with Crippen molar-refractivity contribution in [2.45, 2.75) is 18.2 Å². The molecule has 15 heavy (non-hydrogen) atoms. The summed E-state index contributed by atoms with van der Waals surface area (Å²) in [6.07, 6.45) is 1.12. The molecule has 1 heterocycles. The topological polar surface area (TPSA) is 32.9 Å². The van der Waals surface area contributed by atoms with E-state index in [-0.39, 0.29) is 5.56 Å². The zero-order chi connectivity index (χ0) is 10.7. The molecule has 0 fully saturated rings. The molecule has 0 amide bonds. The standard InChI is InChI=1S/C12H13NOS/c1-2-7-15-11-8-12(14)13-10-6-4-3-5-9(10)11/h3-6,8H,2,7H2,1H3,(H,13,14). The fraction of sp³-hybridized carbons (Fsp3) is 0.250. The van der Waals surface area contributed by atoms with Gasteiger partial charge in [0.15, 0.2) is 0 Å². The molecule has 0 saturated heterocycles. The van der Waals surface area contributed by atoms with Crippen molar-refractivity contribution < 1.29 is 0 Å². The molecule has 0 aliphatic carbocycles. The van der Waals surface area contributed by atoms with Crippen molar-refractivity contribution >= 4 is 22.7 Å². The lowest BCUT2D eigenvalue weighted by Crippen LogP contribution is -2.04. The third kappa shape index (κ3) is 2.23. The summed E-state index contributed by atoms with van der Waals surface area (Å²) >= 11 is 1.74. The highest BCUT2D eigenvalue weighted by molar-refractivity contribution is 7.99. The van der Waals surface area contributed by atoms with Crippen LogP contribution in [0.4, 0.5) is 0 Å². The van der Waals surface area contributed by atoms with Crippen LogP contribution in [0.5, 0.6) is 0 Å². The second-order valence-corrected chi connectivity index (χ2v) is 4.53. The summed E-state index contributed by atoms with van der Waals surface area (Å²) in [6, 6.07) is 9.60. The molecule has 2 nitrogen and oxygen atoms in total. The van der Waals surface area contributed by atoms with Crippen LogP contribution in [0.1, 0.15) is 13.3 Å². The van der Waals surface area contributed by atoms with E-state index in [1.807, 2.05) is 24.3 Å². The highest BCUT2D eigenvalue weighted by Crippen LogP contribution is 2.25. The van der Waals surface area contributed by atoms with Gasteiger partial charge in [-0.3, -0.25) is 4.79 Å². The van der Waals surface area contributed by atoms with E-state index in [1.54, 1.807) is 17.8 Å². The minimum Gasteiger partial charge on any atom is -0.322 e. The van der Waals surface area contributed by atoms with Crippen LogP contribution in [0.25, 0.3) is 10.9 Å². The van der Waals surface area contributed by atoms with Crippen molar-refractivity contribution in [3.63, 3.8) is 0 Å². The number of hydrogen-bond acceptors (Lipinski definition) is 2. The van der Waals surface area contributed by atoms with Gasteiger partial charge in [0, 0.05) is 21.9 Å². The average molecular weight is 219 g/mol. The Balaban J connectivity index is 2.55. The molecule has 1 aromatic heterocycles. The van der Waals surface area contributed by atoms with E-state index in [4.69, 9.17) is 0 Å². The van der Waals surface area contributed by atoms with E-state index in [0.29, 0.717) is 0 Å². The molecule has 78 valence electrons. The number of thioether (sulfide) groups is 1. The van der Waals surface area contributed by atoms with Crippen LogP contribution in [0, 0.1) is 0 Å². The number of pyridine rings is 1. The van der Waals surface area contributed by atoms with Crippen molar-refractivity contribution in [3.8, 4) is 0 Å². The number of H-pyrrole nitrogens is 1. The van der Waals surface area contributed by atoms with Crippen molar-refractivity contribution in [3.05, 3.63) is 40.7 Å². The highest BCUT2D eigenvalue weighted by Gasteiger charge is 2.02. The van der Waals surface area contributed by atoms with E-state index < -0.39 is 0 Å². The number of rotatable bonds is 3. The van der Waals surface area contributed by atoms with Gasteiger partial charge in [-0.2, -0.15) is 0 Å². The van der Waals surface area contributed by atoms with Gasteiger partial charge >= 0.3 is 0 Å². The number of nitrogens with one attached hydrogen (secondary N) is 1. The van der Waals surface area contributed by atoms with Crippen LogP contribution < -0.4 is 5.56 Å². The third-order valence-electron chi connectivity index (χ3n) is 2.17. The van der Waals surface area contributed by atoms with E-state index in [2.05, 4.69) is 11.9 Å². The summed E-state index contributed by atoms with van der Waals surface area (Å²) < 4.78 is 0. The Morgan fingerprint density at radius 1 is 1.33 bits per heavy atom. The van der Waals surface area contributed by atoms with Crippen molar-refractivity contribution in [1.29, 1.82) is 0 Å². The summed E-state index contributed by atoms with van der Waals surface area (Å²) in [5.74, 6) is 1.05. The maximum Gasteiger partial charge on any atom is 0.249 e. The van der Waals surface area contributed by atoms with Crippen LogP contribution in [-0.4, -0.2) is 10.7 Å². The molecular weight excluding hydrogens is 206 g/mol. The molecule has 0 atom stereocenters. The first kappa shape index (κ1) is 10.3. The van der Waals surface area contributed by atoms with Crippen LogP contribution in [0.15, 0.2) is 40.0 Å². The Kier molecular flexibility index (Phi) is 3.11. The number of aromatic amines is 1. The van der Waals surface area contributed by atoms with Gasteiger partial charge in [-0.1, -0.05) is 25.1 Å². The van der Waals surface area contributed by atoms with E-state index in [1.165, 1.54) is 0 Å². The maximum absolute atomic E-state index is 11.4. The quantitative estimate of drug-likeness (QED) is 0.805. The zero-order valence-corrected chi connectivity index (χ0v) is 9.43. The largest absolute Gasteiger partial charge is 0.322 e. The van der Waals surface area contributed by atoms with Crippen LogP contribution >= 0.6 is 11.8 Å². The minimum absolute atomic E-state index is 0.0210. The Labute approximate surface area is 92.7 Å². The third-order valence-corrected chi connectivity index (χ3v) is 3.44. The normalized spacial score (nSPS) is 10.7. The molecule has 0 unspecified atom stereocenters. The summed E-state index contributed by atoms with van der Waals surface area (Å²) in [5, 5.41) is 1.13. The Morgan fingerprint density at radius 3 is 2.93 bits per heavy atom. The zero-order valence-electron chi connectivity index (χ0n) is 8.62. The van der Waals surface area contributed by atoms with E-state index >= 15 is 0 Å². The summed E-state index contributed by atoms with van der Waals surface area (Å²) in [6.45, 7) is 2.14. The maximum atomic E-state index is 11.4. The average Bonchev–Trinajstić information content (AvgIpc) is 2.25. The lowest BCUT2D eigenvalue weighted by Gasteiger charge is -2.04. The Hall–Kier alpha value is -1.22. The first-order chi connectivity index (χ1) is 7.31. The summed E-state index contributed by atoms with van der Waals surface area (Å²) in [4.78, 5) is 15.3. The number of aromatic nitrogens is 1. The molecule has 0 radical (unpaired) electrons. The Bertz CT molecular complexity index is 518. The highest BCUT2D eigenvalue weighted by atomic mass is 32.2. The predicted molar refractivity (Wildman–Crippen MR) is 65.6 cm³/mol. The van der Waals surface area contributed by atoms with Gasteiger partial charge in [0.1, 0.15) is 0 Å². The molecule has 0 saturated carbocycles. The number of fused-ring (bicyclic) bond motifs is 1. The molecule has 0 aliphatic heterocycles. The number of hydrogen-bond donors (Lipinski definition) is 1. The summed E-state index contributed by atoms with van der Waals surface area (Å²) in [5.41, 5.74) is 0.899. The van der Waals surface area contributed by atoms with Gasteiger partial charge < -0.3 is 4.98 Å². The van der Waals surface area contributed by atoms with E-state index in [0.717, 1.165) is 28.0 Å². The van der Waals surface area contributed by atoms with Gasteiger partial charge in [-0.15, -0.1) is 11.8 Å². The molecule has 3 heteroatoms. The fourth-order valence-corrected chi connectivity index (χ4v) is 2.45. The monoisotopic (exact) mass is 219 g/mol. The van der Waals surface area contributed by atoms with Gasteiger partial charge in [0.2, 0.25) is 5.56 Å². The van der Waals surface area contributed by atoms with Crippen LogP contribution in [-0.2, 0) is 0 Å². The molecule has 2 aromatic rings. The Morgan fingerprint density at radius 2 is 2.13 bits per heavy atom. The SMILES string of the molecule is CCCSc1cc(=O)[nH]c2ccccc12. The smallest absolute Gasteiger partial charge is 0.249 e.